The molecule has 0 aliphatic carbocycles. The maximum Gasteiger partial charge on any atom is 0.389 e. The Labute approximate surface area is 112 Å². The molecule has 1 fully saturated rings. The van der Waals surface area contributed by atoms with Crippen LogP contribution in [0, 0.1) is 0 Å². The lowest BCUT2D eigenvalue weighted by Gasteiger charge is -2.39. The molecule has 114 valence electrons. The third kappa shape index (κ3) is 4.92. The molecule has 1 saturated heterocycles. The Bertz CT molecular complexity index is 384. The molecule has 0 aromatic carbocycles. The Morgan fingerprint density at radius 3 is 2.47 bits per heavy atom. The normalized spacial score (nSPS) is 26.6. The molecular weight excluding hydrogens is 281 g/mol. The predicted octanol–water partition coefficient (Wildman–Crippen LogP) is 1.86. The zero-order chi connectivity index (χ0) is 14.7. The lowest BCUT2D eigenvalue weighted by Crippen LogP contribution is -2.52. The van der Waals surface area contributed by atoms with E-state index in [4.69, 9.17) is 5.73 Å². The van der Waals surface area contributed by atoms with Gasteiger partial charge in [0.15, 0.2) is 0 Å². The average molecular weight is 302 g/mol. The van der Waals surface area contributed by atoms with Gasteiger partial charge in [-0.15, -0.1) is 0 Å². The molecular formula is C11H21F3N2O2S. The van der Waals surface area contributed by atoms with Crippen LogP contribution in [0.2, 0.25) is 0 Å². The fraction of sp³-hybridized carbons (Fsp3) is 1.00. The highest BCUT2D eigenvalue weighted by Gasteiger charge is 2.36. The maximum atomic E-state index is 12.2. The lowest BCUT2D eigenvalue weighted by molar-refractivity contribution is -0.134. The van der Waals surface area contributed by atoms with E-state index in [0.29, 0.717) is 6.42 Å². The van der Waals surface area contributed by atoms with Gasteiger partial charge in [-0.3, -0.25) is 0 Å². The molecule has 1 heterocycles. The van der Waals surface area contributed by atoms with Gasteiger partial charge in [0.05, 0.1) is 5.75 Å². The SMILES string of the molecule is CC1CCCC(CN)N1S(=O)(=O)CCCC(F)(F)F. The zero-order valence-electron chi connectivity index (χ0n) is 11.0. The van der Waals surface area contributed by atoms with Crippen LogP contribution < -0.4 is 5.73 Å². The van der Waals surface area contributed by atoms with Gasteiger partial charge in [-0.05, 0) is 26.2 Å². The van der Waals surface area contributed by atoms with E-state index in [-0.39, 0.29) is 18.6 Å². The first-order valence-corrected chi connectivity index (χ1v) is 8.06. The van der Waals surface area contributed by atoms with Gasteiger partial charge in [0.1, 0.15) is 0 Å². The fourth-order valence-electron chi connectivity index (χ4n) is 2.55. The number of nitrogens with two attached hydrogens (primary N) is 1. The summed E-state index contributed by atoms with van der Waals surface area (Å²) in [7, 11) is -3.66. The Kier molecular flexibility index (Phi) is 5.64. The van der Waals surface area contributed by atoms with E-state index in [1.807, 2.05) is 0 Å². The highest BCUT2D eigenvalue weighted by molar-refractivity contribution is 7.89. The molecule has 4 nitrogen and oxygen atoms in total. The molecule has 0 aromatic heterocycles. The molecule has 19 heavy (non-hydrogen) atoms. The molecule has 1 rings (SSSR count). The molecule has 0 bridgehead atoms. The quantitative estimate of drug-likeness (QED) is 0.843. The van der Waals surface area contributed by atoms with Crippen LogP contribution in [-0.4, -0.2) is 43.3 Å². The van der Waals surface area contributed by atoms with Crippen molar-refractivity contribution in [3.8, 4) is 0 Å². The van der Waals surface area contributed by atoms with Crippen molar-refractivity contribution >= 4 is 10.0 Å². The Morgan fingerprint density at radius 1 is 1.32 bits per heavy atom. The summed E-state index contributed by atoms with van der Waals surface area (Å²) in [6.45, 7) is 1.99. The van der Waals surface area contributed by atoms with E-state index in [1.54, 1.807) is 6.92 Å². The van der Waals surface area contributed by atoms with Crippen LogP contribution >= 0.6 is 0 Å². The number of piperidine rings is 1. The zero-order valence-corrected chi connectivity index (χ0v) is 11.8. The number of hydrogen-bond acceptors (Lipinski definition) is 3. The molecule has 1 aliphatic heterocycles. The van der Waals surface area contributed by atoms with Crippen LogP contribution in [-0.2, 0) is 10.0 Å². The van der Waals surface area contributed by atoms with E-state index in [0.717, 1.165) is 12.8 Å². The lowest BCUT2D eigenvalue weighted by atomic mass is 10.00. The largest absolute Gasteiger partial charge is 0.389 e. The fourth-order valence-corrected chi connectivity index (χ4v) is 4.57. The first-order chi connectivity index (χ1) is 8.67. The smallest absolute Gasteiger partial charge is 0.329 e. The van der Waals surface area contributed by atoms with Crippen LogP contribution in [0.1, 0.15) is 39.0 Å². The molecule has 0 amide bonds. The molecule has 0 radical (unpaired) electrons. The van der Waals surface area contributed by atoms with E-state index in [1.165, 1.54) is 4.31 Å². The summed E-state index contributed by atoms with van der Waals surface area (Å²) in [5.74, 6) is -0.465. The summed E-state index contributed by atoms with van der Waals surface area (Å²) >= 11 is 0. The minimum atomic E-state index is -4.31. The van der Waals surface area contributed by atoms with Gasteiger partial charge in [-0.1, -0.05) is 6.42 Å². The van der Waals surface area contributed by atoms with E-state index in [9.17, 15) is 21.6 Å². The van der Waals surface area contributed by atoms with Crippen LogP contribution in [0.15, 0.2) is 0 Å². The standard InChI is InChI=1S/C11H21F3N2O2S/c1-9-4-2-5-10(8-15)16(9)19(17,18)7-3-6-11(12,13)14/h9-10H,2-8,15H2,1H3. The van der Waals surface area contributed by atoms with Crippen molar-refractivity contribution in [2.24, 2.45) is 5.73 Å². The third-order valence-corrected chi connectivity index (χ3v) is 5.51. The van der Waals surface area contributed by atoms with E-state index < -0.39 is 34.8 Å². The maximum absolute atomic E-state index is 12.2. The monoisotopic (exact) mass is 302 g/mol. The molecule has 2 atom stereocenters. The van der Waals surface area contributed by atoms with E-state index >= 15 is 0 Å². The van der Waals surface area contributed by atoms with Crippen molar-refractivity contribution in [2.45, 2.75) is 57.3 Å². The summed E-state index contributed by atoms with van der Waals surface area (Å²) in [5.41, 5.74) is 5.56. The molecule has 8 heteroatoms. The summed E-state index contributed by atoms with van der Waals surface area (Å²) in [4.78, 5) is 0. The van der Waals surface area contributed by atoms with Gasteiger partial charge < -0.3 is 5.73 Å². The Morgan fingerprint density at radius 2 is 1.95 bits per heavy atom. The third-order valence-electron chi connectivity index (χ3n) is 3.41. The molecule has 2 N–H and O–H groups in total. The second kappa shape index (κ2) is 6.41. The summed E-state index contributed by atoms with van der Waals surface area (Å²) in [5, 5.41) is 0. The van der Waals surface area contributed by atoms with Gasteiger partial charge in [-0.2, -0.15) is 17.5 Å². The Hall–Kier alpha value is -0.340. The number of sulfonamides is 1. The average Bonchev–Trinajstić information content (AvgIpc) is 2.26. The van der Waals surface area contributed by atoms with Crippen LogP contribution in [0.3, 0.4) is 0 Å². The Balaban J connectivity index is 2.68. The van der Waals surface area contributed by atoms with Crippen molar-refractivity contribution < 1.29 is 21.6 Å². The molecule has 0 saturated carbocycles. The highest BCUT2D eigenvalue weighted by Crippen LogP contribution is 2.27. The number of nitrogens with zero attached hydrogens (tertiary/aromatic N) is 1. The first-order valence-electron chi connectivity index (χ1n) is 6.45. The van der Waals surface area contributed by atoms with Gasteiger partial charge in [0.25, 0.3) is 0 Å². The second-order valence-electron chi connectivity index (χ2n) is 5.03. The number of rotatable bonds is 5. The van der Waals surface area contributed by atoms with Crippen molar-refractivity contribution in [3.05, 3.63) is 0 Å². The van der Waals surface area contributed by atoms with Crippen LogP contribution in [0.4, 0.5) is 13.2 Å². The molecule has 2 unspecified atom stereocenters. The van der Waals surface area contributed by atoms with E-state index in [2.05, 4.69) is 0 Å². The first kappa shape index (κ1) is 16.7. The van der Waals surface area contributed by atoms with Crippen LogP contribution in [0.25, 0.3) is 0 Å². The summed E-state index contributed by atoms with van der Waals surface area (Å²) < 4.78 is 61.8. The molecule has 1 aliphatic rings. The van der Waals surface area contributed by atoms with Crippen molar-refractivity contribution in [1.82, 2.24) is 4.31 Å². The van der Waals surface area contributed by atoms with Gasteiger partial charge in [0, 0.05) is 25.0 Å². The van der Waals surface area contributed by atoms with Gasteiger partial charge in [0.2, 0.25) is 10.0 Å². The predicted molar refractivity (Wildman–Crippen MR) is 67.1 cm³/mol. The minimum Gasteiger partial charge on any atom is -0.329 e. The number of alkyl halides is 3. The van der Waals surface area contributed by atoms with Crippen LogP contribution in [0.5, 0.6) is 0 Å². The van der Waals surface area contributed by atoms with Crippen molar-refractivity contribution in [1.29, 1.82) is 0 Å². The summed E-state index contributed by atoms with van der Waals surface area (Å²) in [6, 6.07) is -0.460. The van der Waals surface area contributed by atoms with Gasteiger partial charge >= 0.3 is 6.18 Å². The summed E-state index contributed by atoms with van der Waals surface area (Å²) in [6.07, 6.45) is -3.46. The topological polar surface area (TPSA) is 63.4 Å². The molecule has 0 spiro atoms. The van der Waals surface area contributed by atoms with Crippen molar-refractivity contribution in [3.63, 3.8) is 0 Å². The second-order valence-corrected chi connectivity index (χ2v) is 7.03. The number of hydrogen-bond donors (Lipinski definition) is 1. The highest BCUT2D eigenvalue weighted by atomic mass is 32.2. The van der Waals surface area contributed by atoms with Gasteiger partial charge in [-0.25, -0.2) is 8.42 Å². The minimum absolute atomic E-state index is 0.182. The molecule has 0 aromatic rings. The number of halogens is 3. The van der Waals surface area contributed by atoms with Crippen molar-refractivity contribution in [2.75, 3.05) is 12.3 Å².